The number of carbonyl (C=O) groups excluding carboxylic acids is 2. The van der Waals surface area contributed by atoms with Crippen LogP contribution in [0.15, 0.2) is 60.7 Å². The number of nitrogens with one attached hydrogen (secondary N) is 2. The second-order valence-electron chi connectivity index (χ2n) is 6.65. The fourth-order valence-corrected chi connectivity index (χ4v) is 3.09. The van der Waals surface area contributed by atoms with Gasteiger partial charge in [-0.3, -0.25) is 9.59 Å². The van der Waals surface area contributed by atoms with Crippen molar-refractivity contribution >= 4 is 46.4 Å². The molecule has 2 N–H and O–H groups in total. The summed E-state index contributed by atoms with van der Waals surface area (Å²) in [5, 5.41) is 6.19. The molecule has 0 aliphatic rings. The largest absolute Gasteiger partial charge is 0.494 e. The Morgan fingerprint density at radius 3 is 2.35 bits per heavy atom. The predicted molar refractivity (Wildman–Crippen MR) is 123 cm³/mol. The van der Waals surface area contributed by atoms with Gasteiger partial charge in [0.1, 0.15) is 11.5 Å². The first-order valence-electron chi connectivity index (χ1n) is 9.29. The first kappa shape index (κ1) is 22.5. The Morgan fingerprint density at radius 2 is 1.68 bits per heavy atom. The van der Waals surface area contributed by atoms with Crippen LogP contribution in [0.4, 0.5) is 11.4 Å². The van der Waals surface area contributed by atoms with Gasteiger partial charge in [-0.15, -0.1) is 0 Å². The topological polar surface area (TPSA) is 76.7 Å². The SMILES string of the molecule is COc1cc(NC(=O)COc2cccc(C)c2)c(Cl)cc1NC(=O)c1ccc(Cl)cc1. The van der Waals surface area contributed by atoms with Crippen LogP contribution < -0.4 is 20.1 Å². The molecule has 6 nitrogen and oxygen atoms in total. The summed E-state index contributed by atoms with van der Waals surface area (Å²) < 4.78 is 10.8. The lowest BCUT2D eigenvalue weighted by Crippen LogP contribution is -2.20. The summed E-state index contributed by atoms with van der Waals surface area (Å²) in [6.45, 7) is 1.75. The Bertz CT molecular complexity index is 1100. The minimum Gasteiger partial charge on any atom is -0.494 e. The molecule has 3 rings (SSSR count). The summed E-state index contributed by atoms with van der Waals surface area (Å²) in [6.07, 6.45) is 0. The number of aryl methyl sites for hydroxylation is 1. The highest BCUT2D eigenvalue weighted by Gasteiger charge is 2.15. The van der Waals surface area contributed by atoms with Gasteiger partial charge in [0, 0.05) is 16.7 Å². The van der Waals surface area contributed by atoms with Gasteiger partial charge < -0.3 is 20.1 Å². The van der Waals surface area contributed by atoms with Crippen LogP contribution in [0.5, 0.6) is 11.5 Å². The molecule has 3 aromatic rings. The minimum atomic E-state index is -0.386. The number of hydrogen-bond donors (Lipinski definition) is 2. The second-order valence-corrected chi connectivity index (χ2v) is 7.49. The Kier molecular flexibility index (Phi) is 7.39. The molecule has 31 heavy (non-hydrogen) atoms. The first-order chi connectivity index (χ1) is 14.9. The summed E-state index contributed by atoms with van der Waals surface area (Å²) in [7, 11) is 1.45. The Morgan fingerprint density at radius 1 is 0.935 bits per heavy atom. The summed E-state index contributed by atoms with van der Waals surface area (Å²) >= 11 is 12.2. The van der Waals surface area contributed by atoms with E-state index in [0.717, 1.165) is 5.56 Å². The van der Waals surface area contributed by atoms with Gasteiger partial charge in [0.05, 0.1) is 23.5 Å². The standard InChI is InChI=1S/C23H20Cl2N2O4/c1-14-4-3-5-17(10-14)31-13-22(28)26-19-12-21(30-2)20(11-18(19)25)27-23(29)15-6-8-16(24)9-7-15/h3-12H,13H2,1-2H3,(H,26,28)(H,27,29). The van der Waals surface area contributed by atoms with Crippen molar-refractivity contribution in [2.24, 2.45) is 0 Å². The van der Waals surface area contributed by atoms with Crippen LogP contribution >= 0.6 is 23.2 Å². The molecule has 0 fully saturated rings. The predicted octanol–water partition coefficient (Wildman–Crippen LogP) is 5.58. The zero-order valence-electron chi connectivity index (χ0n) is 16.9. The molecular formula is C23H20Cl2N2O4. The number of rotatable bonds is 7. The highest BCUT2D eigenvalue weighted by atomic mass is 35.5. The summed E-state index contributed by atoms with van der Waals surface area (Å²) in [5.74, 6) is 0.193. The van der Waals surface area contributed by atoms with Crippen molar-refractivity contribution in [2.45, 2.75) is 6.92 Å². The number of halogens is 2. The molecular weight excluding hydrogens is 439 g/mol. The maximum Gasteiger partial charge on any atom is 0.262 e. The Labute approximate surface area is 190 Å². The van der Waals surface area contributed by atoms with Crippen molar-refractivity contribution in [2.75, 3.05) is 24.4 Å². The van der Waals surface area contributed by atoms with E-state index in [9.17, 15) is 9.59 Å². The average molecular weight is 459 g/mol. The number of carbonyl (C=O) groups is 2. The van der Waals surface area contributed by atoms with E-state index in [0.29, 0.717) is 33.5 Å². The van der Waals surface area contributed by atoms with Crippen LogP contribution in [-0.4, -0.2) is 25.5 Å². The van der Waals surface area contributed by atoms with E-state index in [1.807, 2.05) is 25.1 Å². The third-order valence-electron chi connectivity index (χ3n) is 4.28. The Hall–Kier alpha value is -3.22. The fourth-order valence-electron chi connectivity index (χ4n) is 2.75. The van der Waals surface area contributed by atoms with E-state index in [1.165, 1.54) is 19.2 Å². The van der Waals surface area contributed by atoms with Crippen LogP contribution in [0.25, 0.3) is 0 Å². The van der Waals surface area contributed by atoms with Crippen LogP contribution in [-0.2, 0) is 4.79 Å². The molecule has 0 bridgehead atoms. The molecule has 0 saturated carbocycles. The molecule has 160 valence electrons. The first-order valence-corrected chi connectivity index (χ1v) is 10.0. The molecule has 0 aliphatic heterocycles. The second kappa shape index (κ2) is 10.2. The zero-order valence-corrected chi connectivity index (χ0v) is 18.4. The van der Waals surface area contributed by atoms with E-state index in [1.54, 1.807) is 30.3 Å². The number of methoxy groups -OCH3 is 1. The van der Waals surface area contributed by atoms with Gasteiger partial charge in [0.2, 0.25) is 0 Å². The zero-order chi connectivity index (χ0) is 22.4. The molecule has 0 heterocycles. The maximum absolute atomic E-state index is 12.5. The van der Waals surface area contributed by atoms with Crippen molar-refractivity contribution in [3.05, 3.63) is 81.8 Å². The molecule has 8 heteroatoms. The van der Waals surface area contributed by atoms with Crippen molar-refractivity contribution in [1.29, 1.82) is 0 Å². The van der Waals surface area contributed by atoms with E-state index in [-0.39, 0.29) is 23.4 Å². The molecule has 2 amide bonds. The number of anilines is 2. The van der Waals surface area contributed by atoms with Gasteiger partial charge in [-0.2, -0.15) is 0 Å². The van der Waals surface area contributed by atoms with Crippen LogP contribution in [0.3, 0.4) is 0 Å². The van der Waals surface area contributed by atoms with Gasteiger partial charge >= 0.3 is 0 Å². The van der Waals surface area contributed by atoms with Gasteiger partial charge in [-0.25, -0.2) is 0 Å². The third kappa shape index (κ3) is 6.13. The summed E-state index contributed by atoms with van der Waals surface area (Å²) in [5.41, 5.74) is 2.15. The van der Waals surface area contributed by atoms with Crippen molar-refractivity contribution in [3.8, 4) is 11.5 Å². The highest BCUT2D eigenvalue weighted by molar-refractivity contribution is 6.34. The quantitative estimate of drug-likeness (QED) is 0.484. The average Bonchev–Trinajstić information content (AvgIpc) is 2.74. The lowest BCUT2D eigenvalue weighted by molar-refractivity contribution is -0.118. The maximum atomic E-state index is 12.5. The summed E-state index contributed by atoms with van der Waals surface area (Å²) in [6, 6.07) is 16.9. The minimum absolute atomic E-state index is 0.183. The molecule has 0 aromatic heterocycles. The number of amides is 2. The Balaban J connectivity index is 1.68. The van der Waals surface area contributed by atoms with Crippen molar-refractivity contribution in [3.63, 3.8) is 0 Å². The number of ether oxygens (including phenoxy) is 2. The van der Waals surface area contributed by atoms with Gasteiger partial charge in [-0.1, -0.05) is 35.3 Å². The molecule has 0 unspecified atom stereocenters. The lowest BCUT2D eigenvalue weighted by Gasteiger charge is -2.15. The molecule has 0 spiro atoms. The van der Waals surface area contributed by atoms with Gasteiger partial charge in [0.25, 0.3) is 11.8 Å². The van der Waals surface area contributed by atoms with Crippen LogP contribution in [0, 0.1) is 6.92 Å². The third-order valence-corrected chi connectivity index (χ3v) is 4.84. The van der Waals surface area contributed by atoms with Crippen molar-refractivity contribution < 1.29 is 19.1 Å². The van der Waals surface area contributed by atoms with Gasteiger partial charge in [0.15, 0.2) is 6.61 Å². The smallest absolute Gasteiger partial charge is 0.262 e. The van der Waals surface area contributed by atoms with E-state index in [2.05, 4.69) is 10.6 Å². The molecule has 0 radical (unpaired) electrons. The lowest BCUT2D eigenvalue weighted by atomic mass is 10.2. The molecule has 3 aromatic carbocycles. The number of benzene rings is 3. The molecule has 0 atom stereocenters. The van der Waals surface area contributed by atoms with Crippen LogP contribution in [0.1, 0.15) is 15.9 Å². The van der Waals surface area contributed by atoms with E-state index < -0.39 is 0 Å². The molecule has 0 saturated heterocycles. The number of hydrogen-bond acceptors (Lipinski definition) is 4. The monoisotopic (exact) mass is 458 g/mol. The highest BCUT2D eigenvalue weighted by Crippen LogP contribution is 2.35. The molecule has 0 aliphatic carbocycles. The van der Waals surface area contributed by atoms with Crippen molar-refractivity contribution in [1.82, 2.24) is 0 Å². The van der Waals surface area contributed by atoms with E-state index >= 15 is 0 Å². The summed E-state index contributed by atoms with van der Waals surface area (Å²) in [4.78, 5) is 24.8. The normalized spacial score (nSPS) is 10.3. The van der Waals surface area contributed by atoms with E-state index in [4.69, 9.17) is 32.7 Å². The fraction of sp³-hybridized carbons (Fsp3) is 0.130. The van der Waals surface area contributed by atoms with Crippen LogP contribution in [0.2, 0.25) is 10.0 Å². The van der Waals surface area contributed by atoms with Gasteiger partial charge in [-0.05, 0) is 55.0 Å².